The van der Waals surface area contributed by atoms with Gasteiger partial charge in [0.05, 0.1) is 22.1 Å². The summed E-state index contributed by atoms with van der Waals surface area (Å²) in [5.41, 5.74) is 7.47. The maximum atomic E-state index is 11.9. The van der Waals surface area contributed by atoms with Crippen molar-refractivity contribution in [3.05, 3.63) is 145 Å². The zero-order valence-corrected chi connectivity index (χ0v) is 22.0. The molecule has 0 radical (unpaired) electrons. The van der Waals surface area contributed by atoms with Crippen LogP contribution in [0.3, 0.4) is 0 Å². The summed E-state index contributed by atoms with van der Waals surface area (Å²) in [7, 11) is 0. The van der Waals surface area contributed by atoms with Gasteiger partial charge in [-0.2, -0.15) is 0 Å². The molecular weight excluding hydrogens is 508 g/mol. The third-order valence-electron chi connectivity index (χ3n) is 7.74. The van der Waals surface area contributed by atoms with Crippen molar-refractivity contribution in [3.63, 3.8) is 0 Å². The maximum absolute atomic E-state index is 11.9. The van der Waals surface area contributed by atoms with Crippen LogP contribution in [0.15, 0.2) is 133 Å². The predicted molar refractivity (Wildman–Crippen MR) is 162 cm³/mol. The number of fused-ring (bicyclic) bond motifs is 3. The van der Waals surface area contributed by atoms with E-state index in [2.05, 4.69) is 56.9 Å². The molecule has 0 spiro atoms. The lowest BCUT2D eigenvalue weighted by Crippen LogP contribution is -2.33. The normalized spacial score (nSPS) is 16.4. The maximum Gasteiger partial charge on any atom is 0.215 e. The molecule has 7 heteroatoms. The fourth-order valence-corrected chi connectivity index (χ4v) is 5.91. The topological polar surface area (TPSA) is 71.1 Å². The number of anilines is 2. The summed E-state index contributed by atoms with van der Waals surface area (Å²) in [5.74, 6) is 1.32. The van der Waals surface area contributed by atoms with E-state index in [0.717, 1.165) is 44.6 Å². The van der Waals surface area contributed by atoms with Crippen molar-refractivity contribution in [2.24, 2.45) is 0 Å². The number of rotatable bonds is 5. The summed E-state index contributed by atoms with van der Waals surface area (Å²) in [4.78, 5) is 12.1. The highest BCUT2D eigenvalue weighted by Gasteiger charge is 2.41. The third kappa shape index (κ3) is 3.71. The molecule has 7 aromatic rings. The molecule has 0 amide bonds. The second kappa shape index (κ2) is 9.36. The molecule has 2 atom stereocenters. The van der Waals surface area contributed by atoms with Gasteiger partial charge in [0.15, 0.2) is 6.23 Å². The molecular formula is C34H26N6O. The van der Waals surface area contributed by atoms with Gasteiger partial charge in [0.1, 0.15) is 6.17 Å². The van der Waals surface area contributed by atoms with Crippen molar-refractivity contribution >= 4 is 34.0 Å². The summed E-state index contributed by atoms with van der Waals surface area (Å²) in [6.45, 7) is 0. The average molecular weight is 535 g/mol. The Balaban J connectivity index is 1.34. The highest BCUT2D eigenvalue weighted by molar-refractivity contribution is 5.83. The van der Waals surface area contributed by atoms with Gasteiger partial charge in [-0.15, -0.1) is 0 Å². The van der Waals surface area contributed by atoms with Crippen molar-refractivity contribution in [2.45, 2.75) is 12.4 Å². The molecule has 7 nitrogen and oxygen atoms in total. The van der Waals surface area contributed by atoms with E-state index in [1.165, 1.54) is 0 Å². The van der Waals surface area contributed by atoms with Gasteiger partial charge in [-0.05, 0) is 48.5 Å². The number of nitrogens with zero attached hydrogens (tertiary/aromatic N) is 5. The molecule has 2 N–H and O–H groups in total. The van der Waals surface area contributed by atoms with Crippen LogP contribution in [0.5, 0.6) is 0 Å². The van der Waals surface area contributed by atoms with E-state index in [9.17, 15) is 5.11 Å². The van der Waals surface area contributed by atoms with Crippen LogP contribution >= 0.6 is 0 Å². The lowest BCUT2D eigenvalue weighted by Gasteiger charge is -2.30. The lowest BCUT2D eigenvalue weighted by atomic mass is 10.1. The molecule has 0 bridgehead atoms. The van der Waals surface area contributed by atoms with Crippen LogP contribution < -0.4 is 10.2 Å². The zero-order chi connectivity index (χ0) is 27.3. The number of aliphatic hydroxyl groups excluding tert-OH is 1. The number of para-hydroxylation sites is 6. The standard InChI is InChI=1S/C34H26N6O/c41-32-26-18-8-7-17-25(26)31(37-33-35-27-19-9-11-21-29(27)38(33)23-13-3-1-4-14-23)40(32)34-36-28-20-10-12-22-30(28)39(34)24-15-5-2-6-16-24/h1-22,31-32,41H,(H,35,37). The fourth-order valence-electron chi connectivity index (χ4n) is 5.91. The van der Waals surface area contributed by atoms with Crippen molar-refractivity contribution in [1.82, 2.24) is 19.1 Å². The number of hydrogen-bond acceptors (Lipinski definition) is 5. The number of aliphatic hydroxyl groups is 1. The zero-order valence-electron chi connectivity index (χ0n) is 22.0. The lowest BCUT2D eigenvalue weighted by molar-refractivity contribution is 0.175. The Morgan fingerprint density at radius 2 is 1.05 bits per heavy atom. The van der Waals surface area contributed by atoms with Crippen LogP contribution in [0.2, 0.25) is 0 Å². The highest BCUT2D eigenvalue weighted by atomic mass is 16.3. The van der Waals surface area contributed by atoms with Crippen LogP contribution in [-0.4, -0.2) is 24.2 Å². The van der Waals surface area contributed by atoms with E-state index in [4.69, 9.17) is 9.97 Å². The minimum atomic E-state index is -0.919. The first-order valence-electron chi connectivity index (χ1n) is 13.7. The van der Waals surface area contributed by atoms with Crippen molar-refractivity contribution < 1.29 is 5.11 Å². The van der Waals surface area contributed by atoms with Crippen LogP contribution in [0.1, 0.15) is 23.5 Å². The summed E-state index contributed by atoms with van der Waals surface area (Å²) in [5, 5.41) is 15.6. The molecule has 0 saturated carbocycles. The molecule has 0 aliphatic carbocycles. The Morgan fingerprint density at radius 1 is 0.537 bits per heavy atom. The molecule has 198 valence electrons. The first-order chi connectivity index (χ1) is 20.3. The predicted octanol–water partition coefficient (Wildman–Crippen LogP) is 6.99. The number of imidazole rings is 2. The monoisotopic (exact) mass is 534 g/mol. The van der Waals surface area contributed by atoms with Crippen LogP contribution in [0.4, 0.5) is 11.9 Å². The van der Waals surface area contributed by atoms with Gasteiger partial charge in [0, 0.05) is 22.5 Å². The van der Waals surface area contributed by atoms with Crippen LogP contribution in [0, 0.1) is 0 Å². The molecule has 5 aromatic carbocycles. The molecule has 1 aliphatic heterocycles. The van der Waals surface area contributed by atoms with Crippen molar-refractivity contribution in [3.8, 4) is 11.4 Å². The quantitative estimate of drug-likeness (QED) is 0.249. The van der Waals surface area contributed by atoms with Crippen molar-refractivity contribution in [1.29, 1.82) is 0 Å². The van der Waals surface area contributed by atoms with E-state index >= 15 is 0 Å². The van der Waals surface area contributed by atoms with Gasteiger partial charge < -0.3 is 10.4 Å². The molecule has 8 rings (SSSR count). The molecule has 0 saturated heterocycles. The Labute approximate surface area is 236 Å². The van der Waals surface area contributed by atoms with Crippen molar-refractivity contribution in [2.75, 3.05) is 10.2 Å². The minimum Gasteiger partial charge on any atom is -0.369 e. The highest BCUT2D eigenvalue weighted by Crippen LogP contribution is 2.45. The molecule has 3 heterocycles. The SMILES string of the molecule is OC1c2ccccc2C(Nc2nc3ccccc3n2-c2ccccc2)N1c1nc2ccccc2n1-c1ccccc1. The second-order valence-corrected chi connectivity index (χ2v) is 10.1. The van der Waals surface area contributed by atoms with Gasteiger partial charge in [0.25, 0.3) is 0 Å². The number of nitrogens with one attached hydrogen (secondary N) is 1. The Hall–Kier alpha value is -5.40. The number of aromatic nitrogens is 4. The summed E-state index contributed by atoms with van der Waals surface area (Å²) >= 11 is 0. The molecule has 2 unspecified atom stereocenters. The fraction of sp³-hybridized carbons (Fsp3) is 0.0588. The largest absolute Gasteiger partial charge is 0.369 e. The van der Waals surface area contributed by atoms with E-state index in [-0.39, 0.29) is 0 Å². The summed E-state index contributed by atoms with van der Waals surface area (Å²) in [6.07, 6.45) is -1.36. The summed E-state index contributed by atoms with van der Waals surface area (Å²) in [6, 6.07) is 44.5. The second-order valence-electron chi connectivity index (χ2n) is 10.1. The minimum absolute atomic E-state index is 0.445. The molecule has 0 fully saturated rings. The van der Waals surface area contributed by atoms with E-state index in [0.29, 0.717) is 11.9 Å². The van der Waals surface area contributed by atoms with Gasteiger partial charge in [0.2, 0.25) is 11.9 Å². The average Bonchev–Trinajstić information content (AvgIpc) is 3.67. The smallest absolute Gasteiger partial charge is 0.215 e. The van der Waals surface area contributed by atoms with Crippen LogP contribution in [-0.2, 0) is 0 Å². The van der Waals surface area contributed by atoms with Crippen LogP contribution in [0.25, 0.3) is 33.4 Å². The van der Waals surface area contributed by atoms with Gasteiger partial charge >= 0.3 is 0 Å². The van der Waals surface area contributed by atoms with Gasteiger partial charge in [-0.1, -0.05) is 84.9 Å². The Morgan fingerprint density at radius 3 is 1.73 bits per heavy atom. The third-order valence-corrected chi connectivity index (χ3v) is 7.74. The summed E-state index contributed by atoms with van der Waals surface area (Å²) < 4.78 is 4.24. The first kappa shape index (κ1) is 23.5. The van der Waals surface area contributed by atoms with E-state index in [1.807, 2.05) is 95.9 Å². The van der Waals surface area contributed by atoms with Gasteiger partial charge in [-0.3, -0.25) is 14.0 Å². The molecule has 1 aliphatic rings. The Bertz CT molecular complexity index is 2010. The molecule has 2 aromatic heterocycles. The Kier molecular flexibility index (Phi) is 5.36. The number of benzene rings is 5. The van der Waals surface area contributed by atoms with E-state index in [1.54, 1.807) is 0 Å². The van der Waals surface area contributed by atoms with Gasteiger partial charge in [-0.25, -0.2) is 9.97 Å². The van der Waals surface area contributed by atoms with E-state index < -0.39 is 12.4 Å². The molecule has 41 heavy (non-hydrogen) atoms. The first-order valence-corrected chi connectivity index (χ1v) is 13.7. The number of hydrogen-bond donors (Lipinski definition) is 2.